The van der Waals surface area contributed by atoms with Gasteiger partial charge in [-0.05, 0) is 45.0 Å². The van der Waals surface area contributed by atoms with Crippen LogP contribution < -0.4 is 14.8 Å². The van der Waals surface area contributed by atoms with E-state index < -0.39 is 5.60 Å². The van der Waals surface area contributed by atoms with Crippen molar-refractivity contribution in [2.45, 2.75) is 45.3 Å². The van der Waals surface area contributed by atoms with Gasteiger partial charge in [0.25, 0.3) is 0 Å². The SMILES string of the molecule is Cn1cc2ccc(Oc3cc(Cl)c(Nc4ncnc5ccc(OC6CCN(C(=O)OC(C)(C)C)CC6)nc45)cc3Cl)cc2n1. The largest absolute Gasteiger partial charge is 0.474 e. The maximum atomic E-state index is 12.4. The highest BCUT2D eigenvalue weighted by Crippen LogP contribution is 2.39. The van der Waals surface area contributed by atoms with Crippen LogP contribution in [0.4, 0.5) is 16.3 Å². The van der Waals surface area contributed by atoms with E-state index in [1.54, 1.807) is 27.8 Å². The van der Waals surface area contributed by atoms with Gasteiger partial charge in [-0.25, -0.2) is 19.7 Å². The van der Waals surface area contributed by atoms with E-state index in [4.69, 9.17) is 42.4 Å². The Labute approximate surface area is 264 Å². The number of rotatable bonds is 6. The Morgan fingerprint density at radius 1 is 1.00 bits per heavy atom. The Bertz CT molecular complexity index is 1850. The van der Waals surface area contributed by atoms with E-state index >= 15 is 0 Å². The normalized spacial score (nSPS) is 14.2. The van der Waals surface area contributed by atoms with Crippen molar-refractivity contribution in [3.63, 3.8) is 0 Å². The third kappa shape index (κ3) is 6.74. The Hall–Kier alpha value is -4.35. The van der Waals surface area contributed by atoms with Crippen LogP contribution in [0.5, 0.6) is 17.4 Å². The van der Waals surface area contributed by atoms with Crippen molar-refractivity contribution in [2.75, 3.05) is 18.4 Å². The number of ether oxygens (including phenoxy) is 3. The number of likely N-dealkylation sites (tertiary alicyclic amines) is 1. The number of aryl methyl sites for hydroxylation is 1. The maximum absolute atomic E-state index is 12.4. The van der Waals surface area contributed by atoms with Crippen molar-refractivity contribution < 1.29 is 19.0 Å². The summed E-state index contributed by atoms with van der Waals surface area (Å²) in [5, 5.41) is 9.38. The second-order valence-electron chi connectivity index (χ2n) is 11.5. The Kier molecular flexibility index (Phi) is 8.08. The van der Waals surface area contributed by atoms with Crippen molar-refractivity contribution in [1.29, 1.82) is 0 Å². The molecule has 1 aliphatic heterocycles. The van der Waals surface area contributed by atoms with Crippen molar-refractivity contribution in [1.82, 2.24) is 29.6 Å². The fraction of sp³-hybridized carbons (Fsp3) is 0.323. The molecule has 13 heteroatoms. The molecule has 0 saturated carbocycles. The van der Waals surface area contributed by atoms with Crippen LogP contribution in [-0.4, -0.2) is 60.5 Å². The average molecular weight is 637 g/mol. The zero-order valence-electron chi connectivity index (χ0n) is 24.7. The van der Waals surface area contributed by atoms with Gasteiger partial charge in [0.15, 0.2) is 5.82 Å². The molecule has 228 valence electrons. The fourth-order valence-electron chi connectivity index (χ4n) is 4.87. The number of anilines is 2. The van der Waals surface area contributed by atoms with Gasteiger partial charge in [-0.2, -0.15) is 5.10 Å². The van der Waals surface area contributed by atoms with E-state index in [2.05, 4.69) is 20.4 Å². The highest BCUT2D eigenvalue weighted by Gasteiger charge is 2.28. The minimum Gasteiger partial charge on any atom is -0.474 e. The fourth-order valence-corrected chi connectivity index (χ4v) is 5.28. The molecule has 2 aromatic carbocycles. The number of fused-ring (bicyclic) bond motifs is 2. The lowest BCUT2D eigenvalue weighted by atomic mass is 10.1. The lowest BCUT2D eigenvalue weighted by Crippen LogP contribution is -2.44. The number of amides is 1. The molecule has 0 unspecified atom stereocenters. The van der Waals surface area contributed by atoms with Gasteiger partial charge >= 0.3 is 6.09 Å². The number of benzene rings is 2. The molecule has 11 nitrogen and oxygen atoms in total. The minimum atomic E-state index is -0.533. The first-order valence-corrected chi connectivity index (χ1v) is 14.9. The quantitative estimate of drug-likeness (QED) is 0.202. The molecule has 0 bridgehead atoms. The monoisotopic (exact) mass is 635 g/mol. The lowest BCUT2D eigenvalue weighted by Gasteiger charge is -2.33. The van der Waals surface area contributed by atoms with Crippen molar-refractivity contribution in [3.05, 3.63) is 65.0 Å². The molecule has 1 fully saturated rings. The van der Waals surface area contributed by atoms with Gasteiger partial charge in [-0.1, -0.05) is 23.2 Å². The summed E-state index contributed by atoms with van der Waals surface area (Å²) < 4.78 is 19.5. The molecule has 4 heterocycles. The van der Waals surface area contributed by atoms with Crippen LogP contribution in [0.25, 0.3) is 21.9 Å². The molecular weight excluding hydrogens is 605 g/mol. The summed E-state index contributed by atoms with van der Waals surface area (Å²) in [6.45, 7) is 6.66. The topological polar surface area (TPSA) is 117 Å². The molecule has 3 aromatic heterocycles. The van der Waals surface area contributed by atoms with Gasteiger partial charge in [0, 0.05) is 62.8 Å². The van der Waals surface area contributed by atoms with Crippen LogP contribution in [0.15, 0.2) is 55.0 Å². The predicted octanol–water partition coefficient (Wildman–Crippen LogP) is 7.53. The van der Waals surface area contributed by atoms with Crippen molar-refractivity contribution >= 4 is 62.7 Å². The molecule has 1 N–H and O–H groups in total. The molecule has 5 aromatic rings. The molecule has 44 heavy (non-hydrogen) atoms. The van der Waals surface area contributed by atoms with E-state index in [0.717, 1.165) is 10.9 Å². The summed E-state index contributed by atoms with van der Waals surface area (Å²) in [5.74, 6) is 1.86. The third-order valence-electron chi connectivity index (χ3n) is 6.93. The summed E-state index contributed by atoms with van der Waals surface area (Å²) >= 11 is 13.3. The highest BCUT2D eigenvalue weighted by atomic mass is 35.5. The van der Waals surface area contributed by atoms with Gasteiger partial charge in [0.1, 0.15) is 35.0 Å². The summed E-state index contributed by atoms with van der Waals surface area (Å²) in [6.07, 6.45) is 4.29. The number of hydrogen-bond acceptors (Lipinski definition) is 9. The molecule has 0 aliphatic carbocycles. The zero-order valence-corrected chi connectivity index (χ0v) is 26.2. The Balaban J connectivity index is 1.15. The number of carbonyl (C=O) groups excluding carboxylic acids is 1. The van der Waals surface area contributed by atoms with Gasteiger partial charge in [-0.3, -0.25) is 4.68 Å². The highest BCUT2D eigenvalue weighted by molar-refractivity contribution is 6.36. The van der Waals surface area contributed by atoms with Crippen LogP contribution in [0.3, 0.4) is 0 Å². The van der Waals surface area contributed by atoms with Gasteiger partial charge in [0.05, 0.1) is 26.8 Å². The molecule has 6 rings (SSSR count). The standard InChI is InChI=1S/C31H31Cl2N7O4/c1-31(2,3)44-30(41)40-11-9-19(10-12-40)43-27-8-7-23-28(37-27)29(35-17-34-23)36-25-14-22(33)26(15-21(25)32)42-20-6-5-18-16-39(4)38-24(18)13-20/h5-8,13-17,19H,9-12H2,1-4H3,(H,34,35,36). The lowest BCUT2D eigenvalue weighted by molar-refractivity contribution is 0.0123. The summed E-state index contributed by atoms with van der Waals surface area (Å²) in [5.41, 5.74) is 1.93. The average Bonchev–Trinajstić information content (AvgIpc) is 3.34. The maximum Gasteiger partial charge on any atom is 0.410 e. The molecule has 0 spiro atoms. The van der Waals surface area contributed by atoms with Crippen LogP contribution in [0.1, 0.15) is 33.6 Å². The predicted molar refractivity (Wildman–Crippen MR) is 169 cm³/mol. The van der Waals surface area contributed by atoms with Gasteiger partial charge in [-0.15, -0.1) is 0 Å². The Morgan fingerprint density at radius 3 is 2.57 bits per heavy atom. The molecule has 0 radical (unpaired) electrons. The third-order valence-corrected chi connectivity index (χ3v) is 7.54. The minimum absolute atomic E-state index is 0.0983. The molecule has 1 aliphatic rings. The number of halogens is 2. The first-order chi connectivity index (χ1) is 21.0. The number of hydrogen-bond donors (Lipinski definition) is 1. The summed E-state index contributed by atoms with van der Waals surface area (Å²) in [6, 6.07) is 12.5. The first kappa shape index (κ1) is 29.7. The van der Waals surface area contributed by atoms with Gasteiger partial charge in [0.2, 0.25) is 5.88 Å². The molecule has 1 saturated heterocycles. The van der Waals surface area contributed by atoms with Crippen LogP contribution in [0, 0.1) is 0 Å². The van der Waals surface area contributed by atoms with Crippen LogP contribution in [0.2, 0.25) is 10.0 Å². The smallest absolute Gasteiger partial charge is 0.410 e. The number of piperidine rings is 1. The zero-order chi connectivity index (χ0) is 31.0. The van der Waals surface area contributed by atoms with Gasteiger partial charge < -0.3 is 24.4 Å². The second-order valence-corrected chi connectivity index (χ2v) is 12.4. The Morgan fingerprint density at radius 2 is 1.80 bits per heavy atom. The number of pyridine rings is 1. The van der Waals surface area contributed by atoms with E-state index in [1.165, 1.54) is 6.33 Å². The number of nitrogens with zero attached hydrogens (tertiary/aromatic N) is 6. The van der Waals surface area contributed by atoms with E-state index in [0.29, 0.717) is 75.9 Å². The molecular formula is C31H31Cl2N7O4. The second kappa shape index (κ2) is 12.0. The van der Waals surface area contributed by atoms with E-state index in [1.807, 2.05) is 58.3 Å². The van der Waals surface area contributed by atoms with Crippen molar-refractivity contribution in [3.8, 4) is 17.4 Å². The van der Waals surface area contributed by atoms with Crippen LogP contribution >= 0.6 is 23.2 Å². The first-order valence-electron chi connectivity index (χ1n) is 14.1. The van der Waals surface area contributed by atoms with Crippen LogP contribution in [-0.2, 0) is 11.8 Å². The van der Waals surface area contributed by atoms with Crippen molar-refractivity contribution in [2.24, 2.45) is 7.05 Å². The number of nitrogens with one attached hydrogen (secondary N) is 1. The summed E-state index contributed by atoms with van der Waals surface area (Å²) in [7, 11) is 1.87. The molecule has 0 atom stereocenters. The number of carbonyl (C=O) groups is 1. The van der Waals surface area contributed by atoms with E-state index in [9.17, 15) is 4.79 Å². The molecule has 1 amide bonds. The van der Waals surface area contributed by atoms with E-state index in [-0.39, 0.29) is 12.2 Å². The number of aromatic nitrogens is 5. The summed E-state index contributed by atoms with van der Waals surface area (Å²) in [4.78, 5) is 27.5.